The summed E-state index contributed by atoms with van der Waals surface area (Å²) < 4.78 is 11.1. The molecule has 0 fully saturated rings. The maximum absolute atomic E-state index is 8.96. The van der Waals surface area contributed by atoms with Crippen molar-refractivity contribution in [3.8, 4) is 17.6 Å². The first-order valence-corrected chi connectivity index (χ1v) is 7.33. The van der Waals surface area contributed by atoms with Crippen LogP contribution in [0.2, 0.25) is 0 Å². The van der Waals surface area contributed by atoms with Crippen LogP contribution in [0, 0.1) is 11.3 Å². The molecule has 0 amide bonds. The Morgan fingerprint density at radius 2 is 1.95 bits per heavy atom. The molecule has 0 bridgehead atoms. The molecule has 0 atom stereocenters. The molecule has 0 saturated carbocycles. The van der Waals surface area contributed by atoms with Gasteiger partial charge in [-0.2, -0.15) is 5.26 Å². The monoisotopic (exact) mass is 285 g/mol. The van der Waals surface area contributed by atoms with Crippen molar-refractivity contribution in [1.82, 2.24) is 0 Å². The molecule has 0 N–H and O–H groups in total. The molecule has 0 spiro atoms. The van der Waals surface area contributed by atoms with E-state index in [1.165, 1.54) is 0 Å². The van der Waals surface area contributed by atoms with Crippen molar-refractivity contribution in [3.05, 3.63) is 53.6 Å². The number of nitrogens with zero attached hydrogens (tertiary/aromatic N) is 1. The van der Waals surface area contributed by atoms with E-state index in [-0.39, 0.29) is 0 Å². The number of thioether (sulfide) groups is 1. The maximum Gasteiger partial charge on any atom is 0.133 e. The van der Waals surface area contributed by atoms with Gasteiger partial charge in [0.15, 0.2) is 0 Å². The van der Waals surface area contributed by atoms with E-state index in [9.17, 15) is 0 Å². The molecule has 2 aromatic carbocycles. The number of nitriles is 1. The van der Waals surface area contributed by atoms with E-state index in [2.05, 4.69) is 6.07 Å². The molecular formula is C16H15NO2S. The molecule has 0 heterocycles. The second kappa shape index (κ2) is 6.88. The zero-order chi connectivity index (χ0) is 14.4. The second-order valence-electron chi connectivity index (χ2n) is 4.08. The summed E-state index contributed by atoms with van der Waals surface area (Å²) in [5.41, 5.74) is 1.46. The summed E-state index contributed by atoms with van der Waals surface area (Å²) in [6.45, 7) is 0.371. The topological polar surface area (TPSA) is 42.2 Å². The highest BCUT2D eigenvalue weighted by Gasteiger charge is 2.07. The minimum absolute atomic E-state index is 0.371. The van der Waals surface area contributed by atoms with E-state index in [1.54, 1.807) is 37.1 Å². The van der Waals surface area contributed by atoms with E-state index < -0.39 is 0 Å². The van der Waals surface area contributed by atoms with Gasteiger partial charge in [0.25, 0.3) is 0 Å². The summed E-state index contributed by atoms with van der Waals surface area (Å²) in [5.74, 6) is 1.56. The van der Waals surface area contributed by atoms with Crippen LogP contribution in [0.4, 0.5) is 0 Å². The SMILES string of the molecule is COc1ccc(C#N)cc1COc1ccccc1SC. The van der Waals surface area contributed by atoms with E-state index in [1.807, 2.05) is 30.5 Å². The molecule has 4 heteroatoms. The van der Waals surface area contributed by atoms with Crippen molar-refractivity contribution in [2.75, 3.05) is 13.4 Å². The summed E-state index contributed by atoms with van der Waals surface area (Å²) in [5, 5.41) is 8.96. The molecule has 0 unspecified atom stereocenters. The Hall–Kier alpha value is -2.12. The van der Waals surface area contributed by atoms with Gasteiger partial charge in [0.1, 0.15) is 18.1 Å². The molecule has 20 heavy (non-hydrogen) atoms. The summed E-state index contributed by atoms with van der Waals surface area (Å²) in [6.07, 6.45) is 2.01. The third-order valence-corrected chi connectivity index (χ3v) is 3.64. The number of rotatable bonds is 5. The number of hydrogen-bond acceptors (Lipinski definition) is 4. The molecule has 0 aliphatic rings. The average Bonchev–Trinajstić information content (AvgIpc) is 2.52. The van der Waals surface area contributed by atoms with Crippen molar-refractivity contribution in [3.63, 3.8) is 0 Å². The molecule has 0 radical (unpaired) electrons. The zero-order valence-corrected chi connectivity index (χ0v) is 12.2. The molecule has 0 aromatic heterocycles. The van der Waals surface area contributed by atoms with Crippen molar-refractivity contribution in [2.45, 2.75) is 11.5 Å². The number of para-hydroxylation sites is 1. The third-order valence-electron chi connectivity index (χ3n) is 2.86. The first-order chi connectivity index (χ1) is 9.78. The molecule has 102 valence electrons. The van der Waals surface area contributed by atoms with Gasteiger partial charge < -0.3 is 9.47 Å². The molecular weight excluding hydrogens is 270 g/mol. The highest BCUT2D eigenvalue weighted by Crippen LogP contribution is 2.29. The Morgan fingerprint density at radius 1 is 1.15 bits per heavy atom. The summed E-state index contributed by atoms with van der Waals surface area (Å²) in [7, 11) is 1.61. The molecule has 2 rings (SSSR count). The van der Waals surface area contributed by atoms with Gasteiger partial charge in [0.2, 0.25) is 0 Å². The zero-order valence-electron chi connectivity index (χ0n) is 11.4. The van der Waals surface area contributed by atoms with Gasteiger partial charge in [-0.1, -0.05) is 12.1 Å². The predicted octanol–water partition coefficient (Wildman–Crippen LogP) is 3.87. The Kier molecular flexibility index (Phi) is 4.91. The van der Waals surface area contributed by atoms with Crippen molar-refractivity contribution in [2.24, 2.45) is 0 Å². The highest BCUT2D eigenvalue weighted by atomic mass is 32.2. The van der Waals surface area contributed by atoms with Gasteiger partial charge in [-0.3, -0.25) is 0 Å². The van der Waals surface area contributed by atoms with E-state index in [0.29, 0.717) is 12.2 Å². The highest BCUT2D eigenvalue weighted by molar-refractivity contribution is 7.98. The maximum atomic E-state index is 8.96. The van der Waals surface area contributed by atoms with Crippen LogP contribution in [-0.2, 0) is 6.61 Å². The average molecular weight is 285 g/mol. The van der Waals surface area contributed by atoms with Crippen LogP contribution in [0.15, 0.2) is 47.4 Å². The number of benzene rings is 2. The second-order valence-corrected chi connectivity index (χ2v) is 4.93. The third kappa shape index (κ3) is 3.25. The van der Waals surface area contributed by atoms with Crippen molar-refractivity contribution < 1.29 is 9.47 Å². The van der Waals surface area contributed by atoms with Crippen LogP contribution in [0.1, 0.15) is 11.1 Å². The van der Waals surface area contributed by atoms with Crippen LogP contribution < -0.4 is 9.47 Å². The summed E-state index contributed by atoms with van der Waals surface area (Å²) in [4.78, 5) is 1.09. The quantitative estimate of drug-likeness (QED) is 0.782. The largest absolute Gasteiger partial charge is 0.496 e. The lowest BCUT2D eigenvalue weighted by Crippen LogP contribution is -2.00. The summed E-state index contributed by atoms with van der Waals surface area (Å²) in [6, 6.07) is 15.3. The number of ether oxygens (including phenoxy) is 2. The molecule has 0 aliphatic carbocycles. The van der Waals surface area contributed by atoms with Crippen molar-refractivity contribution >= 4 is 11.8 Å². The minimum atomic E-state index is 0.371. The lowest BCUT2D eigenvalue weighted by Gasteiger charge is -2.12. The first-order valence-electron chi connectivity index (χ1n) is 6.11. The van der Waals surface area contributed by atoms with Gasteiger partial charge in [-0.15, -0.1) is 11.8 Å². The minimum Gasteiger partial charge on any atom is -0.496 e. The van der Waals surface area contributed by atoms with Crippen LogP contribution in [0.3, 0.4) is 0 Å². The number of hydrogen-bond donors (Lipinski definition) is 0. The van der Waals surface area contributed by atoms with E-state index >= 15 is 0 Å². The Bertz CT molecular complexity index is 635. The predicted molar refractivity (Wildman–Crippen MR) is 80.3 cm³/mol. The Morgan fingerprint density at radius 3 is 2.65 bits per heavy atom. The Labute approximate surface area is 123 Å². The summed E-state index contributed by atoms with van der Waals surface area (Å²) >= 11 is 1.64. The number of methoxy groups -OCH3 is 1. The van der Waals surface area contributed by atoms with Gasteiger partial charge in [0, 0.05) is 10.5 Å². The fraction of sp³-hybridized carbons (Fsp3) is 0.188. The van der Waals surface area contributed by atoms with Crippen LogP contribution in [0.25, 0.3) is 0 Å². The molecule has 0 aliphatic heterocycles. The van der Waals surface area contributed by atoms with Crippen LogP contribution in [-0.4, -0.2) is 13.4 Å². The van der Waals surface area contributed by atoms with Gasteiger partial charge in [-0.25, -0.2) is 0 Å². The van der Waals surface area contributed by atoms with Gasteiger partial charge >= 0.3 is 0 Å². The molecule has 0 saturated heterocycles. The Balaban J connectivity index is 2.20. The standard InChI is InChI=1S/C16H15NO2S/c1-18-14-8-7-12(10-17)9-13(14)11-19-15-5-3-4-6-16(15)20-2/h3-9H,11H2,1-2H3. The van der Waals surface area contributed by atoms with E-state index in [0.717, 1.165) is 22.0 Å². The lowest BCUT2D eigenvalue weighted by atomic mass is 10.1. The van der Waals surface area contributed by atoms with Crippen LogP contribution in [0.5, 0.6) is 11.5 Å². The smallest absolute Gasteiger partial charge is 0.133 e. The normalized spacial score (nSPS) is 9.85. The molecule has 3 nitrogen and oxygen atoms in total. The van der Waals surface area contributed by atoms with E-state index in [4.69, 9.17) is 14.7 Å². The molecule has 2 aromatic rings. The first kappa shape index (κ1) is 14.3. The van der Waals surface area contributed by atoms with Crippen LogP contribution >= 0.6 is 11.8 Å². The fourth-order valence-electron chi connectivity index (χ4n) is 1.85. The van der Waals surface area contributed by atoms with Gasteiger partial charge in [-0.05, 0) is 36.6 Å². The van der Waals surface area contributed by atoms with Gasteiger partial charge in [0.05, 0.1) is 18.7 Å². The lowest BCUT2D eigenvalue weighted by molar-refractivity contribution is 0.290. The fourth-order valence-corrected chi connectivity index (χ4v) is 2.40. The van der Waals surface area contributed by atoms with Crippen molar-refractivity contribution in [1.29, 1.82) is 5.26 Å².